The molecule has 0 heterocycles. The fraction of sp³-hybridized carbons (Fsp3) is 0.316. The van der Waals surface area contributed by atoms with E-state index in [4.69, 9.17) is 0 Å². The summed E-state index contributed by atoms with van der Waals surface area (Å²) in [6.45, 7) is 4.20. The summed E-state index contributed by atoms with van der Waals surface area (Å²) in [5, 5.41) is 2.90. The Morgan fingerprint density at radius 2 is 1.80 bits per heavy atom. The number of para-hydroxylation sites is 1. The highest BCUT2D eigenvalue weighted by Crippen LogP contribution is 2.27. The van der Waals surface area contributed by atoms with E-state index in [2.05, 4.69) is 19.2 Å². The second kappa shape index (κ2) is 7.80. The van der Waals surface area contributed by atoms with Crippen molar-refractivity contribution in [3.63, 3.8) is 0 Å². The first kappa shape index (κ1) is 19.1. The Bertz CT molecular complexity index is 860. The van der Waals surface area contributed by atoms with Gasteiger partial charge in [-0.25, -0.2) is 12.7 Å². The summed E-state index contributed by atoms with van der Waals surface area (Å²) < 4.78 is 25.6. The van der Waals surface area contributed by atoms with Gasteiger partial charge in [0.15, 0.2) is 0 Å². The molecular formula is C19H24N2O3S. The van der Waals surface area contributed by atoms with Gasteiger partial charge in [-0.1, -0.05) is 38.1 Å². The molecule has 0 unspecified atom stereocenters. The van der Waals surface area contributed by atoms with Crippen LogP contribution in [-0.2, 0) is 10.0 Å². The maximum absolute atomic E-state index is 12.6. The molecule has 25 heavy (non-hydrogen) atoms. The first-order chi connectivity index (χ1) is 11.8. The van der Waals surface area contributed by atoms with Crippen molar-refractivity contribution in [1.29, 1.82) is 0 Å². The molecule has 0 bridgehead atoms. The highest BCUT2D eigenvalue weighted by atomic mass is 32.2. The van der Waals surface area contributed by atoms with Crippen LogP contribution in [0.1, 0.15) is 42.1 Å². The van der Waals surface area contributed by atoms with Crippen molar-refractivity contribution in [2.45, 2.75) is 31.1 Å². The van der Waals surface area contributed by atoms with E-state index >= 15 is 0 Å². The predicted octanol–water partition coefficient (Wildman–Crippen LogP) is 3.70. The molecule has 5 nitrogen and oxygen atoms in total. The summed E-state index contributed by atoms with van der Waals surface area (Å²) in [6, 6.07) is 13.7. The van der Waals surface area contributed by atoms with E-state index in [1.807, 2.05) is 24.3 Å². The number of hydrogen-bond donors (Lipinski definition) is 1. The van der Waals surface area contributed by atoms with Gasteiger partial charge in [0.2, 0.25) is 10.0 Å². The predicted molar refractivity (Wildman–Crippen MR) is 100 cm³/mol. The summed E-state index contributed by atoms with van der Waals surface area (Å²) in [6.07, 6.45) is 0.962. The number of carbonyl (C=O) groups excluding carboxylic acids is 1. The number of benzene rings is 2. The summed E-state index contributed by atoms with van der Waals surface area (Å²) >= 11 is 0. The smallest absolute Gasteiger partial charge is 0.255 e. The Labute approximate surface area is 149 Å². The fourth-order valence-corrected chi connectivity index (χ4v) is 3.41. The molecule has 1 amide bonds. The van der Waals surface area contributed by atoms with E-state index in [0.717, 1.165) is 22.0 Å². The first-order valence-corrected chi connectivity index (χ1v) is 9.64. The molecule has 2 rings (SSSR count). The maximum atomic E-state index is 12.6. The molecule has 0 aliphatic carbocycles. The second-order valence-electron chi connectivity index (χ2n) is 6.17. The van der Waals surface area contributed by atoms with Gasteiger partial charge in [-0.15, -0.1) is 0 Å². The third-order valence-electron chi connectivity index (χ3n) is 4.23. The summed E-state index contributed by atoms with van der Waals surface area (Å²) in [5.74, 6) is -0.0106. The SMILES string of the molecule is CC[C@H](C)c1ccccc1NC(=O)c1cccc(S(=O)(=O)N(C)C)c1. The number of amides is 1. The lowest BCUT2D eigenvalue weighted by atomic mass is 9.97. The molecule has 0 aliphatic heterocycles. The third kappa shape index (κ3) is 4.27. The Balaban J connectivity index is 2.32. The van der Waals surface area contributed by atoms with Crippen LogP contribution in [0.4, 0.5) is 5.69 Å². The lowest BCUT2D eigenvalue weighted by Gasteiger charge is -2.16. The van der Waals surface area contributed by atoms with Gasteiger partial charge in [-0.3, -0.25) is 4.79 Å². The maximum Gasteiger partial charge on any atom is 0.255 e. The average Bonchev–Trinajstić information content (AvgIpc) is 2.61. The number of nitrogens with zero attached hydrogens (tertiary/aromatic N) is 1. The highest BCUT2D eigenvalue weighted by molar-refractivity contribution is 7.89. The number of anilines is 1. The minimum absolute atomic E-state index is 0.0976. The molecule has 0 radical (unpaired) electrons. The number of rotatable bonds is 6. The van der Waals surface area contributed by atoms with Gasteiger partial charge in [-0.2, -0.15) is 0 Å². The van der Waals surface area contributed by atoms with E-state index in [1.54, 1.807) is 12.1 Å². The van der Waals surface area contributed by atoms with Crippen LogP contribution in [0.3, 0.4) is 0 Å². The van der Waals surface area contributed by atoms with Gasteiger partial charge < -0.3 is 5.32 Å². The molecule has 2 aromatic rings. The quantitative estimate of drug-likeness (QED) is 0.854. The van der Waals surface area contributed by atoms with Crippen LogP contribution < -0.4 is 5.32 Å². The Kier molecular flexibility index (Phi) is 5.98. The molecule has 0 aliphatic rings. The van der Waals surface area contributed by atoms with Gasteiger partial charge in [0.25, 0.3) is 5.91 Å². The molecular weight excluding hydrogens is 336 g/mol. The summed E-state index contributed by atoms with van der Waals surface area (Å²) in [4.78, 5) is 12.7. The molecule has 0 saturated carbocycles. The molecule has 0 saturated heterocycles. The van der Waals surface area contributed by atoms with Crippen LogP contribution in [0.5, 0.6) is 0 Å². The normalized spacial score (nSPS) is 12.8. The zero-order chi connectivity index (χ0) is 18.6. The molecule has 2 aromatic carbocycles. The van der Waals surface area contributed by atoms with Crippen molar-refractivity contribution in [3.05, 3.63) is 59.7 Å². The minimum Gasteiger partial charge on any atom is -0.322 e. The van der Waals surface area contributed by atoms with Crippen LogP contribution in [-0.4, -0.2) is 32.7 Å². The van der Waals surface area contributed by atoms with Crippen molar-refractivity contribution < 1.29 is 13.2 Å². The van der Waals surface area contributed by atoms with Crippen LogP contribution in [0.25, 0.3) is 0 Å². The zero-order valence-corrected chi connectivity index (χ0v) is 15.8. The summed E-state index contributed by atoms with van der Waals surface area (Å²) in [5.41, 5.74) is 2.13. The molecule has 1 N–H and O–H groups in total. The molecule has 134 valence electrons. The van der Waals surface area contributed by atoms with Crippen LogP contribution in [0.15, 0.2) is 53.4 Å². The van der Waals surface area contributed by atoms with E-state index in [9.17, 15) is 13.2 Å². The topological polar surface area (TPSA) is 66.5 Å². The monoisotopic (exact) mass is 360 g/mol. The van der Waals surface area contributed by atoms with Gasteiger partial charge in [-0.05, 0) is 42.2 Å². The van der Waals surface area contributed by atoms with Crippen molar-refractivity contribution in [1.82, 2.24) is 4.31 Å². The van der Waals surface area contributed by atoms with Crippen LogP contribution in [0, 0.1) is 0 Å². The zero-order valence-electron chi connectivity index (χ0n) is 15.0. The lowest BCUT2D eigenvalue weighted by molar-refractivity contribution is 0.102. The minimum atomic E-state index is -3.58. The number of hydrogen-bond acceptors (Lipinski definition) is 3. The van der Waals surface area contributed by atoms with Gasteiger partial charge in [0, 0.05) is 25.3 Å². The number of sulfonamides is 1. The highest BCUT2D eigenvalue weighted by Gasteiger charge is 2.19. The molecule has 0 spiro atoms. The summed E-state index contributed by atoms with van der Waals surface area (Å²) in [7, 11) is -0.652. The largest absolute Gasteiger partial charge is 0.322 e. The molecule has 1 atom stereocenters. The van der Waals surface area contributed by atoms with E-state index in [1.165, 1.54) is 26.2 Å². The Hall–Kier alpha value is -2.18. The Morgan fingerprint density at radius 3 is 2.44 bits per heavy atom. The first-order valence-electron chi connectivity index (χ1n) is 8.20. The lowest BCUT2D eigenvalue weighted by Crippen LogP contribution is -2.23. The third-order valence-corrected chi connectivity index (χ3v) is 6.04. The standard InChI is InChI=1S/C19H24N2O3S/c1-5-14(2)17-11-6-7-12-18(17)20-19(22)15-9-8-10-16(13-15)25(23,24)21(3)4/h6-14H,5H2,1-4H3,(H,20,22)/t14-/m0/s1. The fourth-order valence-electron chi connectivity index (χ4n) is 2.46. The van der Waals surface area contributed by atoms with Gasteiger partial charge in [0.05, 0.1) is 4.90 Å². The van der Waals surface area contributed by atoms with Gasteiger partial charge in [0.1, 0.15) is 0 Å². The Morgan fingerprint density at radius 1 is 1.12 bits per heavy atom. The molecule has 6 heteroatoms. The van der Waals surface area contributed by atoms with E-state index < -0.39 is 10.0 Å². The van der Waals surface area contributed by atoms with Crippen molar-refractivity contribution in [3.8, 4) is 0 Å². The number of nitrogens with one attached hydrogen (secondary N) is 1. The van der Waals surface area contributed by atoms with Crippen LogP contribution in [0.2, 0.25) is 0 Å². The van der Waals surface area contributed by atoms with E-state index in [0.29, 0.717) is 11.5 Å². The van der Waals surface area contributed by atoms with Crippen molar-refractivity contribution in [2.24, 2.45) is 0 Å². The average molecular weight is 360 g/mol. The molecule has 0 fully saturated rings. The van der Waals surface area contributed by atoms with Crippen LogP contribution >= 0.6 is 0 Å². The van der Waals surface area contributed by atoms with Crippen molar-refractivity contribution in [2.75, 3.05) is 19.4 Å². The van der Waals surface area contributed by atoms with Crippen molar-refractivity contribution >= 4 is 21.6 Å². The van der Waals surface area contributed by atoms with E-state index in [-0.39, 0.29) is 10.8 Å². The molecule has 0 aromatic heterocycles. The number of carbonyl (C=O) groups is 1. The van der Waals surface area contributed by atoms with Gasteiger partial charge >= 0.3 is 0 Å². The second-order valence-corrected chi connectivity index (χ2v) is 8.32.